The Labute approximate surface area is 131 Å². The molecule has 2 aliphatic heterocycles. The summed E-state index contributed by atoms with van der Waals surface area (Å²) in [5.74, 6) is -3.45. The summed E-state index contributed by atoms with van der Waals surface area (Å²) in [7, 11) is 0. The second-order valence-electron chi connectivity index (χ2n) is 5.48. The van der Waals surface area contributed by atoms with Crippen LogP contribution in [0.15, 0.2) is 6.07 Å². The number of anilines is 2. The van der Waals surface area contributed by atoms with E-state index >= 15 is 0 Å². The molecule has 8 heteroatoms. The maximum Gasteiger partial charge on any atom is 0.414 e. The van der Waals surface area contributed by atoms with E-state index in [1.165, 1.54) is 4.90 Å². The number of benzene rings is 1. The summed E-state index contributed by atoms with van der Waals surface area (Å²) in [4.78, 5) is 14.1. The van der Waals surface area contributed by atoms with Gasteiger partial charge in [0, 0.05) is 19.2 Å². The second-order valence-corrected chi connectivity index (χ2v) is 5.48. The van der Waals surface area contributed by atoms with Gasteiger partial charge in [0.1, 0.15) is 11.8 Å². The summed E-state index contributed by atoms with van der Waals surface area (Å²) in [6, 6.07) is 0.850. The monoisotopic (exact) mass is 330 g/mol. The number of carbonyl (C=O) groups is 1. The molecule has 0 aliphatic carbocycles. The van der Waals surface area contributed by atoms with Gasteiger partial charge in [0.15, 0.2) is 17.5 Å². The molecule has 1 amide bonds. The van der Waals surface area contributed by atoms with Crippen molar-refractivity contribution in [3.8, 4) is 0 Å². The average Bonchev–Trinajstić information content (AvgIpc) is 2.93. The third kappa shape index (κ3) is 2.83. The van der Waals surface area contributed by atoms with Crippen LogP contribution in [0.4, 0.5) is 29.3 Å². The van der Waals surface area contributed by atoms with Crippen LogP contribution in [0, 0.1) is 17.5 Å². The average molecular weight is 330 g/mol. The number of amides is 1. The van der Waals surface area contributed by atoms with E-state index < -0.39 is 41.0 Å². The molecule has 0 spiro atoms. The van der Waals surface area contributed by atoms with Gasteiger partial charge in [-0.3, -0.25) is 4.90 Å². The third-order valence-corrected chi connectivity index (χ3v) is 4.06. The van der Waals surface area contributed by atoms with Gasteiger partial charge in [-0.1, -0.05) is 6.92 Å². The molecule has 2 saturated heterocycles. The number of halogens is 3. The van der Waals surface area contributed by atoms with Crippen molar-refractivity contribution >= 4 is 17.5 Å². The zero-order chi connectivity index (χ0) is 16.6. The molecule has 126 valence electrons. The van der Waals surface area contributed by atoms with Crippen molar-refractivity contribution < 1.29 is 27.4 Å². The molecule has 2 aliphatic rings. The summed E-state index contributed by atoms with van der Waals surface area (Å²) >= 11 is 0. The molecule has 3 rings (SSSR count). The lowest BCUT2D eigenvalue weighted by Crippen LogP contribution is -2.37. The minimum absolute atomic E-state index is 0.0715. The van der Waals surface area contributed by atoms with Crippen molar-refractivity contribution in [2.24, 2.45) is 0 Å². The second kappa shape index (κ2) is 6.27. The van der Waals surface area contributed by atoms with Crippen molar-refractivity contribution in [1.29, 1.82) is 0 Å². The van der Waals surface area contributed by atoms with Crippen molar-refractivity contribution in [2.45, 2.75) is 19.4 Å². The van der Waals surface area contributed by atoms with Gasteiger partial charge in [0.25, 0.3) is 0 Å². The molecule has 0 radical (unpaired) electrons. The highest BCUT2D eigenvalue weighted by Gasteiger charge is 2.35. The molecular weight excluding hydrogens is 313 g/mol. The van der Waals surface area contributed by atoms with E-state index in [2.05, 4.69) is 0 Å². The smallest absolute Gasteiger partial charge is 0.414 e. The Morgan fingerprint density at radius 1 is 1.22 bits per heavy atom. The quantitative estimate of drug-likeness (QED) is 0.799. The number of carbonyl (C=O) groups excluding carboxylic acids is 1. The van der Waals surface area contributed by atoms with Crippen LogP contribution in [0.1, 0.15) is 13.3 Å². The van der Waals surface area contributed by atoms with Gasteiger partial charge in [-0.05, 0) is 6.42 Å². The predicted octanol–water partition coefficient (Wildman–Crippen LogP) is 2.68. The molecule has 5 nitrogen and oxygen atoms in total. The summed E-state index contributed by atoms with van der Waals surface area (Å²) in [5.41, 5.74) is -0.855. The number of rotatable bonds is 3. The van der Waals surface area contributed by atoms with Crippen LogP contribution in [0.2, 0.25) is 0 Å². The Bertz CT molecular complexity index is 620. The lowest BCUT2D eigenvalue weighted by molar-refractivity contribution is 0.122. The molecule has 1 aromatic carbocycles. The maximum absolute atomic E-state index is 14.4. The summed E-state index contributed by atoms with van der Waals surface area (Å²) in [5, 5.41) is 0. The number of hydrogen-bond acceptors (Lipinski definition) is 4. The van der Waals surface area contributed by atoms with Crippen LogP contribution in [0.5, 0.6) is 0 Å². The van der Waals surface area contributed by atoms with Gasteiger partial charge in [-0.25, -0.2) is 18.0 Å². The van der Waals surface area contributed by atoms with Crippen LogP contribution in [-0.2, 0) is 9.47 Å². The Hall–Kier alpha value is -1.96. The normalized spacial score (nSPS) is 21.7. The fraction of sp³-hybridized carbons (Fsp3) is 0.533. The first-order valence-corrected chi connectivity index (χ1v) is 7.51. The van der Waals surface area contributed by atoms with Crippen LogP contribution in [-0.4, -0.2) is 45.0 Å². The maximum atomic E-state index is 14.4. The van der Waals surface area contributed by atoms with Crippen LogP contribution in [0.25, 0.3) is 0 Å². The third-order valence-electron chi connectivity index (χ3n) is 4.06. The van der Waals surface area contributed by atoms with E-state index in [0.717, 1.165) is 11.0 Å². The fourth-order valence-corrected chi connectivity index (χ4v) is 2.78. The molecule has 2 fully saturated rings. The molecule has 2 heterocycles. The Kier molecular flexibility index (Phi) is 4.34. The van der Waals surface area contributed by atoms with Gasteiger partial charge in [-0.2, -0.15) is 0 Å². The van der Waals surface area contributed by atoms with Crippen LogP contribution in [0.3, 0.4) is 0 Å². The zero-order valence-corrected chi connectivity index (χ0v) is 12.7. The number of nitrogens with zero attached hydrogens (tertiary/aromatic N) is 2. The first-order chi connectivity index (χ1) is 11.0. The van der Waals surface area contributed by atoms with Crippen molar-refractivity contribution in [3.05, 3.63) is 23.5 Å². The van der Waals surface area contributed by atoms with Gasteiger partial charge in [-0.15, -0.1) is 0 Å². The van der Waals surface area contributed by atoms with Gasteiger partial charge >= 0.3 is 6.09 Å². The summed E-state index contributed by atoms with van der Waals surface area (Å²) in [6.07, 6.45) is -0.665. The molecular formula is C15H17F3N2O3. The highest BCUT2D eigenvalue weighted by Crippen LogP contribution is 2.34. The lowest BCUT2D eigenvalue weighted by Gasteiger charge is -2.30. The van der Waals surface area contributed by atoms with Gasteiger partial charge < -0.3 is 14.4 Å². The number of ether oxygens (including phenoxy) is 2. The molecule has 1 atom stereocenters. The molecule has 0 unspecified atom stereocenters. The van der Waals surface area contributed by atoms with Gasteiger partial charge in [0.2, 0.25) is 0 Å². The Morgan fingerprint density at radius 2 is 1.91 bits per heavy atom. The molecule has 23 heavy (non-hydrogen) atoms. The van der Waals surface area contributed by atoms with E-state index in [0.29, 0.717) is 19.6 Å². The zero-order valence-electron chi connectivity index (χ0n) is 12.7. The first kappa shape index (κ1) is 15.9. The minimum Gasteiger partial charge on any atom is -0.444 e. The standard InChI is InChI=1S/C15H17F3N2O3/c1-2-9-8-20(15(21)23-9)11-7-10(16)14(13(18)12(11)17)19-3-5-22-6-4-19/h7,9H,2-6,8H2,1H3/t9-/m0/s1. The number of hydrogen-bond donors (Lipinski definition) is 0. The lowest BCUT2D eigenvalue weighted by atomic mass is 10.2. The highest BCUT2D eigenvalue weighted by molar-refractivity contribution is 5.90. The molecule has 1 aromatic rings. The summed E-state index contributed by atoms with van der Waals surface area (Å²) < 4.78 is 53.3. The number of morpholine rings is 1. The van der Waals surface area contributed by atoms with E-state index in [1.54, 1.807) is 6.92 Å². The van der Waals surface area contributed by atoms with Crippen molar-refractivity contribution in [1.82, 2.24) is 0 Å². The van der Waals surface area contributed by atoms with E-state index in [-0.39, 0.29) is 19.6 Å². The Balaban J connectivity index is 1.96. The fourth-order valence-electron chi connectivity index (χ4n) is 2.78. The Morgan fingerprint density at radius 3 is 2.52 bits per heavy atom. The molecule has 0 aromatic heterocycles. The molecule has 0 saturated carbocycles. The SMILES string of the molecule is CC[C@H]1CN(c2cc(F)c(N3CCOCC3)c(F)c2F)C(=O)O1. The van der Waals surface area contributed by atoms with E-state index in [9.17, 15) is 18.0 Å². The van der Waals surface area contributed by atoms with Crippen LogP contribution >= 0.6 is 0 Å². The summed E-state index contributed by atoms with van der Waals surface area (Å²) in [6.45, 7) is 3.06. The largest absolute Gasteiger partial charge is 0.444 e. The topological polar surface area (TPSA) is 42.0 Å². The number of cyclic esters (lactones) is 1. The van der Waals surface area contributed by atoms with Crippen LogP contribution < -0.4 is 9.80 Å². The minimum atomic E-state index is -1.30. The van der Waals surface area contributed by atoms with Crippen molar-refractivity contribution in [2.75, 3.05) is 42.6 Å². The predicted molar refractivity (Wildman–Crippen MR) is 77.3 cm³/mol. The van der Waals surface area contributed by atoms with E-state index in [4.69, 9.17) is 9.47 Å². The van der Waals surface area contributed by atoms with Gasteiger partial charge in [0.05, 0.1) is 25.4 Å². The van der Waals surface area contributed by atoms with E-state index in [1.807, 2.05) is 0 Å². The molecule has 0 N–H and O–H groups in total. The van der Waals surface area contributed by atoms with Crippen molar-refractivity contribution in [3.63, 3.8) is 0 Å². The first-order valence-electron chi connectivity index (χ1n) is 7.51. The highest BCUT2D eigenvalue weighted by atomic mass is 19.2. The molecule has 0 bridgehead atoms.